The molecule has 1 aliphatic carbocycles. The second-order valence-corrected chi connectivity index (χ2v) is 7.99. The second kappa shape index (κ2) is 5.20. The number of benzene rings is 1. The molecule has 106 valence electrons. The Morgan fingerprint density at radius 2 is 1.95 bits per heavy atom. The minimum Gasteiger partial charge on any atom is -0.398 e. The Morgan fingerprint density at radius 3 is 2.50 bits per heavy atom. The van der Waals surface area contributed by atoms with E-state index < -0.39 is 10.0 Å². The van der Waals surface area contributed by atoms with Gasteiger partial charge in [0.2, 0.25) is 0 Å². The Kier molecular flexibility index (Phi) is 3.54. The zero-order valence-electron chi connectivity index (χ0n) is 10.9. The van der Waals surface area contributed by atoms with E-state index in [1.165, 1.54) is 11.3 Å². The van der Waals surface area contributed by atoms with Crippen LogP contribution in [0.5, 0.6) is 0 Å². The number of nitrogens with zero attached hydrogens (tertiary/aromatic N) is 1. The lowest BCUT2D eigenvalue weighted by molar-refractivity contribution is 0.400. The highest BCUT2D eigenvalue weighted by atomic mass is 32.2. The molecule has 1 aromatic carbocycles. The Labute approximate surface area is 122 Å². The van der Waals surface area contributed by atoms with Gasteiger partial charge in [-0.25, -0.2) is 8.42 Å². The van der Waals surface area contributed by atoms with Crippen molar-refractivity contribution in [1.82, 2.24) is 4.31 Å². The first-order chi connectivity index (χ1) is 9.57. The molecule has 0 unspecified atom stereocenters. The van der Waals surface area contributed by atoms with Crippen LogP contribution in [0.4, 0.5) is 5.69 Å². The summed E-state index contributed by atoms with van der Waals surface area (Å²) in [5.74, 6) is 0. The molecule has 0 spiro atoms. The molecule has 1 aliphatic rings. The molecule has 0 radical (unpaired) electrons. The van der Waals surface area contributed by atoms with Crippen LogP contribution >= 0.6 is 11.3 Å². The van der Waals surface area contributed by atoms with E-state index in [9.17, 15) is 8.42 Å². The number of thiophene rings is 1. The third-order valence-electron chi connectivity index (χ3n) is 3.29. The number of rotatable bonds is 5. The second-order valence-electron chi connectivity index (χ2n) is 4.97. The van der Waals surface area contributed by atoms with Gasteiger partial charge >= 0.3 is 0 Å². The van der Waals surface area contributed by atoms with Crippen molar-refractivity contribution >= 4 is 27.0 Å². The van der Waals surface area contributed by atoms with E-state index in [0.29, 0.717) is 16.4 Å². The predicted molar refractivity (Wildman–Crippen MR) is 80.9 cm³/mol. The number of hydrogen-bond donors (Lipinski definition) is 1. The molecule has 1 saturated carbocycles. The monoisotopic (exact) mass is 308 g/mol. The molecular formula is C14H16N2O2S2. The standard InChI is InChI=1S/C14H16N2O2S2/c15-12-8-14(19-10-12)20(17,18)16(13-6-7-13)9-11-4-2-1-3-5-11/h1-5,8,10,13H,6-7,9,15H2. The Bertz CT molecular complexity index is 691. The summed E-state index contributed by atoms with van der Waals surface area (Å²) in [5, 5.41) is 1.67. The lowest BCUT2D eigenvalue weighted by Crippen LogP contribution is -2.32. The van der Waals surface area contributed by atoms with E-state index in [0.717, 1.165) is 18.4 Å². The van der Waals surface area contributed by atoms with Crippen molar-refractivity contribution in [2.24, 2.45) is 0 Å². The van der Waals surface area contributed by atoms with Crippen LogP contribution in [0.3, 0.4) is 0 Å². The lowest BCUT2D eigenvalue weighted by Gasteiger charge is -2.21. The van der Waals surface area contributed by atoms with Crippen LogP contribution in [-0.4, -0.2) is 18.8 Å². The third-order valence-corrected chi connectivity index (χ3v) is 6.63. The molecule has 0 bridgehead atoms. The summed E-state index contributed by atoms with van der Waals surface area (Å²) >= 11 is 1.19. The molecule has 3 rings (SSSR count). The van der Waals surface area contributed by atoms with Gasteiger partial charge in [0, 0.05) is 23.7 Å². The van der Waals surface area contributed by atoms with Crippen LogP contribution in [0.1, 0.15) is 18.4 Å². The minimum absolute atomic E-state index is 0.128. The first-order valence-corrected chi connectivity index (χ1v) is 8.79. The molecule has 0 saturated heterocycles. The SMILES string of the molecule is Nc1csc(S(=O)(=O)N(Cc2ccccc2)C2CC2)c1. The summed E-state index contributed by atoms with van der Waals surface area (Å²) in [7, 11) is -3.44. The third kappa shape index (κ3) is 2.72. The highest BCUT2D eigenvalue weighted by molar-refractivity contribution is 7.91. The maximum absolute atomic E-state index is 12.7. The maximum Gasteiger partial charge on any atom is 0.253 e. The number of sulfonamides is 1. The van der Waals surface area contributed by atoms with Gasteiger partial charge in [-0.15, -0.1) is 11.3 Å². The zero-order chi connectivity index (χ0) is 14.2. The summed E-state index contributed by atoms with van der Waals surface area (Å²) in [6.07, 6.45) is 1.87. The summed E-state index contributed by atoms with van der Waals surface area (Å²) in [5.41, 5.74) is 7.16. The molecular weight excluding hydrogens is 292 g/mol. The highest BCUT2D eigenvalue weighted by Gasteiger charge is 2.38. The van der Waals surface area contributed by atoms with Gasteiger partial charge in [0.25, 0.3) is 10.0 Å². The molecule has 6 heteroatoms. The van der Waals surface area contributed by atoms with Gasteiger partial charge in [0.05, 0.1) is 0 Å². The van der Waals surface area contributed by atoms with Crippen molar-refractivity contribution in [1.29, 1.82) is 0 Å². The first-order valence-electron chi connectivity index (χ1n) is 6.47. The van der Waals surface area contributed by atoms with Gasteiger partial charge in [-0.3, -0.25) is 0 Å². The van der Waals surface area contributed by atoms with Crippen LogP contribution in [0.25, 0.3) is 0 Å². The summed E-state index contributed by atoms with van der Waals surface area (Å²) in [6, 6.07) is 11.4. The van der Waals surface area contributed by atoms with Crippen LogP contribution in [0.2, 0.25) is 0 Å². The molecule has 0 amide bonds. The molecule has 1 aromatic heterocycles. The quantitative estimate of drug-likeness (QED) is 0.923. The van der Waals surface area contributed by atoms with E-state index in [1.54, 1.807) is 15.8 Å². The fraction of sp³-hybridized carbons (Fsp3) is 0.286. The Balaban J connectivity index is 1.91. The van der Waals surface area contributed by atoms with Crippen LogP contribution in [-0.2, 0) is 16.6 Å². The summed E-state index contributed by atoms with van der Waals surface area (Å²) in [4.78, 5) is 0. The molecule has 2 aromatic rings. The summed E-state index contributed by atoms with van der Waals surface area (Å²) < 4.78 is 27.4. The van der Waals surface area contributed by atoms with E-state index in [4.69, 9.17) is 5.73 Å². The van der Waals surface area contributed by atoms with Crippen LogP contribution in [0.15, 0.2) is 46.0 Å². The van der Waals surface area contributed by atoms with E-state index >= 15 is 0 Å². The molecule has 4 nitrogen and oxygen atoms in total. The number of anilines is 1. The predicted octanol–water partition coefficient (Wildman–Crippen LogP) is 2.68. The largest absolute Gasteiger partial charge is 0.398 e. The van der Waals surface area contributed by atoms with Crippen molar-refractivity contribution in [3.63, 3.8) is 0 Å². The maximum atomic E-state index is 12.7. The molecule has 1 fully saturated rings. The molecule has 20 heavy (non-hydrogen) atoms. The fourth-order valence-electron chi connectivity index (χ4n) is 2.12. The first kappa shape index (κ1) is 13.6. The number of nitrogens with two attached hydrogens (primary N) is 1. The highest BCUT2D eigenvalue weighted by Crippen LogP contribution is 2.35. The van der Waals surface area contributed by atoms with Crippen molar-refractivity contribution in [2.45, 2.75) is 29.6 Å². The average Bonchev–Trinajstić information content (AvgIpc) is 3.17. The number of nitrogen functional groups attached to an aromatic ring is 1. The van der Waals surface area contributed by atoms with Crippen LogP contribution in [0, 0.1) is 0 Å². The van der Waals surface area contributed by atoms with Crippen LogP contribution < -0.4 is 5.73 Å². The lowest BCUT2D eigenvalue weighted by atomic mass is 10.2. The van der Waals surface area contributed by atoms with Gasteiger partial charge in [0.1, 0.15) is 4.21 Å². The van der Waals surface area contributed by atoms with Crippen molar-refractivity contribution in [2.75, 3.05) is 5.73 Å². The average molecular weight is 308 g/mol. The Morgan fingerprint density at radius 1 is 1.25 bits per heavy atom. The van der Waals surface area contributed by atoms with E-state index in [-0.39, 0.29) is 6.04 Å². The molecule has 1 heterocycles. The van der Waals surface area contributed by atoms with E-state index in [1.807, 2.05) is 30.3 Å². The summed E-state index contributed by atoms with van der Waals surface area (Å²) in [6.45, 7) is 0.422. The van der Waals surface area contributed by atoms with Crippen molar-refractivity contribution in [3.05, 3.63) is 47.3 Å². The number of hydrogen-bond acceptors (Lipinski definition) is 4. The minimum atomic E-state index is -3.44. The van der Waals surface area contributed by atoms with Gasteiger partial charge in [-0.2, -0.15) is 4.31 Å². The molecule has 0 aliphatic heterocycles. The van der Waals surface area contributed by atoms with Gasteiger partial charge in [-0.1, -0.05) is 30.3 Å². The van der Waals surface area contributed by atoms with Gasteiger partial charge in [-0.05, 0) is 24.5 Å². The van der Waals surface area contributed by atoms with Gasteiger partial charge < -0.3 is 5.73 Å². The topological polar surface area (TPSA) is 63.4 Å². The molecule has 0 atom stereocenters. The smallest absolute Gasteiger partial charge is 0.253 e. The normalized spacial score (nSPS) is 15.7. The Hall–Kier alpha value is -1.37. The fourth-order valence-corrected chi connectivity index (χ4v) is 5.00. The van der Waals surface area contributed by atoms with Crippen molar-refractivity contribution < 1.29 is 8.42 Å². The van der Waals surface area contributed by atoms with Crippen molar-refractivity contribution in [3.8, 4) is 0 Å². The van der Waals surface area contributed by atoms with E-state index in [2.05, 4.69) is 0 Å². The zero-order valence-corrected chi connectivity index (χ0v) is 12.5. The molecule has 2 N–H and O–H groups in total. The van der Waals surface area contributed by atoms with Gasteiger partial charge in [0.15, 0.2) is 0 Å².